The molecule has 1 aromatic carbocycles. The Bertz CT molecular complexity index is 571. The fraction of sp³-hybridized carbons (Fsp3) is 0.333. The summed E-state index contributed by atoms with van der Waals surface area (Å²) in [5, 5.41) is 14.1. The maximum Gasteiger partial charge on any atom is 0.252 e. The molecule has 2 aromatic rings. The van der Waals surface area contributed by atoms with Crippen LogP contribution in [0.4, 0.5) is 0 Å². The minimum Gasteiger partial charge on any atom is -0.393 e. The first-order valence-corrected chi connectivity index (χ1v) is 8.65. The topological polar surface area (TPSA) is 62.2 Å². The van der Waals surface area contributed by atoms with Gasteiger partial charge in [-0.25, -0.2) is 4.98 Å². The monoisotopic (exact) mass is 322 g/mol. The Kier molecular flexibility index (Phi) is 6.22. The van der Waals surface area contributed by atoms with Crippen LogP contribution in [-0.4, -0.2) is 28.6 Å². The highest BCUT2D eigenvalue weighted by Crippen LogP contribution is 2.26. The van der Waals surface area contributed by atoms with E-state index in [0.29, 0.717) is 18.5 Å². The molecule has 0 fully saturated rings. The lowest BCUT2D eigenvalue weighted by Crippen LogP contribution is -2.26. The van der Waals surface area contributed by atoms with Gasteiger partial charge in [-0.3, -0.25) is 4.79 Å². The van der Waals surface area contributed by atoms with Crippen LogP contribution in [0.2, 0.25) is 0 Å². The van der Waals surface area contributed by atoms with Gasteiger partial charge in [0.15, 0.2) is 0 Å². The van der Waals surface area contributed by atoms with E-state index in [1.54, 1.807) is 30.0 Å². The van der Waals surface area contributed by atoms with Crippen molar-refractivity contribution in [3.63, 3.8) is 0 Å². The molecule has 0 bridgehead atoms. The number of thioether (sulfide) groups is 1. The zero-order valence-corrected chi connectivity index (χ0v) is 13.4. The second-order valence-electron chi connectivity index (χ2n) is 4.66. The Morgan fingerprint density at radius 1 is 1.48 bits per heavy atom. The molecule has 0 radical (unpaired) electrons. The molecule has 0 saturated heterocycles. The number of hydrogen-bond acceptors (Lipinski definition) is 5. The lowest BCUT2D eigenvalue weighted by atomic mass is 10.2. The van der Waals surface area contributed by atoms with Gasteiger partial charge >= 0.3 is 0 Å². The first kappa shape index (κ1) is 16.0. The molecule has 6 heteroatoms. The van der Waals surface area contributed by atoms with Crippen molar-refractivity contribution in [1.82, 2.24) is 10.3 Å². The highest BCUT2D eigenvalue weighted by Gasteiger charge is 2.11. The number of carbonyl (C=O) groups is 1. The largest absolute Gasteiger partial charge is 0.393 e. The van der Waals surface area contributed by atoms with E-state index in [4.69, 9.17) is 0 Å². The number of benzene rings is 1. The maximum absolute atomic E-state index is 12.2. The average molecular weight is 322 g/mol. The fourth-order valence-corrected chi connectivity index (χ4v) is 3.35. The predicted molar refractivity (Wildman–Crippen MR) is 86.7 cm³/mol. The summed E-state index contributed by atoms with van der Waals surface area (Å²) in [5.74, 6) is 0.651. The van der Waals surface area contributed by atoms with Crippen LogP contribution in [0.15, 0.2) is 40.1 Å². The number of rotatable bonds is 7. The number of amides is 1. The molecule has 0 saturated carbocycles. The molecule has 2 rings (SSSR count). The lowest BCUT2D eigenvalue weighted by molar-refractivity contribution is 0.0942. The van der Waals surface area contributed by atoms with Crippen LogP contribution in [0.1, 0.15) is 29.4 Å². The summed E-state index contributed by atoms with van der Waals surface area (Å²) in [4.78, 5) is 17.4. The zero-order chi connectivity index (χ0) is 15.1. The van der Waals surface area contributed by atoms with Crippen molar-refractivity contribution in [1.29, 1.82) is 0 Å². The first-order valence-electron chi connectivity index (χ1n) is 6.72. The molecule has 1 atom stereocenters. The summed E-state index contributed by atoms with van der Waals surface area (Å²) in [5.41, 5.74) is 3.50. The van der Waals surface area contributed by atoms with E-state index >= 15 is 0 Å². The minimum absolute atomic E-state index is 0.1000. The molecule has 0 aliphatic carbocycles. The summed E-state index contributed by atoms with van der Waals surface area (Å²) in [6.07, 6.45) is 0.152. The van der Waals surface area contributed by atoms with Crippen molar-refractivity contribution in [2.45, 2.75) is 30.1 Å². The number of aromatic nitrogens is 1. The van der Waals surface area contributed by atoms with Gasteiger partial charge in [-0.05, 0) is 25.5 Å². The fourth-order valence-electron chi connectivity index (χ4n) is 1.73. The van der Waals surface area contributed by atoms with Crippen molar-refractivity contribution >= 4 is 29.0 Å². The second-order valence-corrected chi connectivity index (χ2v) is 6.39. The first-order chi connectivity index (χ1) is 10.2. The molecule has 0 aliphatic heterocycles. The minimum atomic E-state index is -0.403. The molecule has 1 amide bonds. The number of nitrogens with zero attached hydrogens (tertiary/aromatic N) is 1. The van der Waals surface area contributed by atoms with E-state index in [0.717, 1.165) is 16.3 Å². The Labute approximate surface area is 132 Å². The SMILES string of the molecule is CC(O)CCNC(=O)c1ccccc1SCc1cscn1. The number of aliphatic hydroxyl groups excluding tert-OH is 1. The van der Waals surface area contributed by atoms with Crippen LogP contribution in [-0.2, 0) is 5.75 Å². The van der Waals surface area contributed by atoms with E-state index < -0.39 is 6.10 Å². The van der Waals surface area contributed by atoms with E-state index in [1.165, 1.54) is 0 Å². The van der Waals surface area contributed by atoms with Gasteiger partial charge < -0.3 is 10.4 Å². The van der Waals surface area contributed by atoms with E-state index in [2.05, 4.69) is 10.3 Å². The molecule has 4 nitrogen and oxygen atoms in total. The Morgan fingerprint density at radius 2 is 2.29 bits per heavy atom. The van der Waals surface area contributed by atoms with Gasteiger partial charge in [-0.1, -0.05) is 12.1 Å². The third-order valence-electron chi connectivity index (χ3n) is 2.84. The van der Waals surface area contributed by atoms with Crippen molar-refractivity contribution in [2.24, 2.45) is 0 Å². The maximum atomic E-state index is 12.2. The van der Waals surface area contributed by atoms with Crippen molar-refractivity contribution in [3.8, 4) is 0 Å². The molecular weight excluding hydrogens is 304 g/mol. The van der Waals surface area contributed by atoms with Gasteiger partial charge in [0.25, 0.3) is 5.91 Å². The van der Waals surface area contributed by atoms with Crippen LogP contribution in [0.25, 0.3) is 0 Å². The smallest absolute Gasteiger partial charge is 0.252 e. The average Bonchev–Trinajstić information content (AvgIpc) is 2.98. The lowest BCUT2D eigenvalue weighted by Gasteiger charge is -2.10. The van der Waals surface area contributed by atoms with E-state index in [-0.39, 0.29) is 5.91 Å². The van der Waals surface area contributed by atoms with E-state index in [1.807, 2.05) is 35.2 Å². The zero-order valence-electron chi connectivity index (χ0n) is 11.8. The van der Waals surface area contributed by atoms with Gasteiger partial charge in [0, 0.05) is 22.6 Å². The molecule has 1 unspecified atom stereocenters. The Hall–Kier alpha value is -1.37. The Morgan fingerprint density at radius 3 is 3.00 bits per heavy atom. The van der Waals surface area contributed by atoms with E-state index in [9.17, 15) is 9.90 Å². The van der Waals surface area contributed by atoms with Crippen LogP contribution in [0, 0.1) is 0 Å². The number of thiazole rings is 1. The molecule has 0 spiro atoms. The summed E-state index contributed by atoms with van der Waals surface area (Å²) >= 11 is 3.18. The van der Waals surface area contributed by atoms with Crippen molar-refractivity contribution < 1.29 is 9.90 Å². The van der Waals surface area contributed by atoms with Crippen molar-refractivity contribution in [3.05, 3.63) is 46.4 Å². The summed E-state index contributed by atoms with van der Waals surface area (Å²) < 4.78 is 0. The number of hydrogen-bond donors (Lipinski definition) is 2. The molecule has 0 aliphatic rings. The predicted octanol–water partition coefficient (Wildman–Crippen LogP) is 2.94. The van der Waals surface area contributed by atoms with Gasteiger partial charge in [0.05, 0.1) is 22.9 Å². The van der Waals surface area contributed by atoms with Crippen LogP contribution in [0.3, 0.4) is 0 Å². The van der Waals surface area contributed by atoms with Gasteiger partial charge in [0.2, 0.25) is 0 Å². The highest BCUT2D eigenvalue weighted by atomic mass is 32.2. The van der Waals surface area contributed by atoms with Gasteiger partial charge in [0.1, 0.15) is 0 Å². The highest BCUT2D eigenvalue weighted by molar-refractivity contribution is 7.98. The third-order valence-corrected chi connectivity index (χ3v) is 4.58. The van der Waals surface area contributed by atoms with Crippen LogP contribution in [0.5, 0.6) is 0 Å². The van der Waals surface area contributed by atoms with Gasteiger partial charge in [-0.2, -0.15) is 0 Å². The second kappa shape index (κ2) is 8.17. The Balaban J connectivity index is 1.97. The van der Waals surface area contributed by atoms with Crippen LogP contribution >= 0.6 is 23.1 Å². The molecule has 112 valence electrons. The van der Waals surface area contributed by atoms with Crippen LogP contribution < -0.4 is 5.32 Å². The normalized spacial score (nSPS) is 12.1. The standard InChI is InChI=1S/C15H18N2O2S2/c1-11(18)6-7-16-15(19)13-4-2-3-5-14(13)21-9-12-8-20-10-17-12/h2-5,8,10-11,18H,6-7,9H2,1H3,(H,16,19). The molecule has 1 aromatic heterocycles. The quantitative estimate of drug-likeness (QED) is 0.769. The number of carbonyl (C=O) groups excluding carboxylic acids is 1. The molecule has 2 N–H and O–H groups in total. The summed E-state index contributed by atoms with van der Waals surface area (Å²) in [7, 11) is 0. The van der Waals surface area contributed by atoms with Crippen molar-refractivity contribution in [2.75, 3.05) is 6.54 Å². The van der Waals surface area contributed by atoms with Gasteiger partial charge in [-0.15, -0.1) is 23.1 Å². The molecule has 21 heavy (non-hydrogen) atoms. The number of aliphatic hydroxyl groups is 1. The summed E-state index contributed by atoms with van der Waals surface area (Å²) in [6.45, 7) is 2.19. The molecular formula is C15H18N2O2S2. The number of nitrogens with one attached hydrogen (secondary N) is 1. The molecule has 1 heterocycles. The third kappa shape index (κ3) is 5.15. The summed E-state index contributed by atoms with van der Waals surface area (Å²) in [6, 6.07) is 7.55.